The van der Waals surface area contributed by atoms with Gasteiger partial charge in [-0.3, -0.25) is 0 Å². The molecule has 5 heteroatoms. The molecule has 5 nitrogen and oxygen atoms in total. The first-order valence-corrected chi connectivity index (χ1v) is 21.0. The first kappa shape index (κ1) is 35.5. The van der Waals surface area contributed by atoms with Crippen molar-refractivity contribution in [1.29, 1.82) is 0 Å². The van der Waals surface area contributed by atoms with E-state index in [4.69, 9.17) is 15.0 Å². The van der Waals surface area contributed by atoms with Gasteiger partial charge in [0.05, 0.1) is 22.1 Å². The number of rotatable bonds is 7. The number of para-hydroxylation sites is 4. The van der Waals surface area contributed by atoms with Crippen LogP contribution >= 0.6 is 0 Å². The normalized spacial score (nSPS) is 11.5. The number of benzene rings is 9. The second-order valence-corrected chi connectivity index (χ2v) is 15.6. The molecule has 12 aromatic rings. The monoisotopic (exact) mass is 791 g/mol. The number of fused-ring (bicyclic) bond motifs is 6. The number of aromatic nitrogens is 5. The molecule has 0 aliphatic heterocycles. The fourth-order valence-corrected chi connectivity index (χ4v) is 9.20. The zero-order valence-electron chi connectivity index (χ0n) is 33.6. The molecule has 62 heavy (non-hydrogen) atoms. The molecular weight excluding hydrogens is 755 g/mol. The lowest BCUT2D eigenvalue weighted by atomic mass is 10.0. The molecule has 0 aliphatic rings. The maximum Gasteiger partial charge on any atom is 0.164 e. The van der Waals surface area contributed by atoms with Gasteiger partial charge >= 0.3 is 0 Å². The van der Waals surface area contributed by atoms with E-state index in [9.17, 15) is 0 Å². The van der Waals surface area contributed by atoms with Gasteiger partial charge < -0.3 is 9.13 Å². The minimum absolute atomic E-state index is 0.592. The SMILES string of the molecule is c1ccc(-c2nc(-c3ccccc3)nc(-c3cc(-n4c5ccccc5c5cccc(-c6ccccc6)c54)cc(-n4c5ccccc5c5cccc(-c6ccccc6)c54)c3)n2)cc1. The Morgan fingerprint density at radius 1 is 0.258 bits per heavy atom. The molecule has 0 bridgehead atoms. The Hall–Kier alpha value is -8.41. The molecule has 3 heterocycles. The fraction of sp³-hybridized carbons (Fsp3) is 0. The second kappa shape index (κ2) is 14.7. The van der Waals surface area contributed by atoms with Crippen molar-refractivity contribution < 1.29 is 0 Å². The van der Waals surface area contributed by atoms with Crippen LogP contribution in [0.5, 0.6) is 0 Å². The molecule has 3 aromatic heterocycles. The van der Waals surface area contributed by atoms with Crippen molar-refractivity contribution in [3.05, 3.63) is 224 Å². The Balaban J connectivity index is 1.22. The summed E-state index contributed by atoms with van der Waals surface area (Å²) in [7, 11) is 0. The number of hydrogen-bond donors (Lipinski definition) is 0. The summed E-state index contributed by atoms with van der Waals surface area (Å²) in [5.41, 5.74) is 13.9. The van der Waals surface area contributed by atoms with E-state index in [1.165, 1.54) is 21.5 Å². The topological polar surface area (TPSA) is 48.5 Å². The summed E-state index contributed by atoms with van der Waals surface area (Å²) in [5.74, 6) is 1.83. The molecule has 0 saturated carbocycles. The van der Waals surface area contributed by atoms with Gasteiger partial charge in [0, 0.05) is 60.7 Å². The van der Waals surface area contributed by atoms with E-state index < -0.39 is 0 Å². The molecule has 0 amide bonds. The lowest BCUT2D eigenvalue weighted by Gasteiger charge is -2.18. The minimum atomic E-state index is 0.592. The Bertz CT molecular complexity index is 3380. The van der Waals surface area contributed by atoms with Gasteiger partial charge in [-0.1, -0.05) is 194 Å². The van der Waals surface area contributed by atoms with Crippen molar-refractivity contribution in [3.63, 3.8) is 0 Å². The number of hydrogen-bond acceptors (Lipinski definition) is 3. The highest BCUT2D eigenvalue weighted by molar-refractivity contribution is 6.15. The van der Waals surface area contributed by atoms with Gasteiger partial charge in [0.15, 0.2) is 17.5 Å². The van der Waals surface area contributed by atoms with Crippen LogP contribution in [-0.2, 0) is 0 Å². The zero-order chi connectivity index (χ0) is 41.0. The summed E-state index contributed by atoms with van der Waals surface area (Å²) in [5, 5.41) is 4.76. The van der Waals surface area contributed by atoms with Crippen LogP contribution in [0.2, 0.25) is 0 Å². The number of nitrogens with zero attached hydrogens (tertiary/aromatic N) is 5. The van der Waals surface area contributed by atoms with Crippen molar-refractivity contribution in [1.82, 2.24) is 24.1 Å². The Kier molecular flexibility index (Phi) is 8.42. The molecule has 0 unspecified atom stereocenters. The van der Waals surface area contributed by atoms with Crippen LogP contribution in [0.3, 0.4) is 0 Å². The van der Waals surface area contributed by atoms with E-state index in [0.717, 1.165) is 72.4 Å². The highest BCUT2D eigenvalue weighted by Gasteiger charge is 2.22. The second-order valence-electron chi connectivity index (χ2n) is 15.6. The molecule has 12 rings (SSSR count). The first-order chi connectivity index (χ1) is 30.8. The van der Waals surface area contributed by atoms with Gasteiger partial charge in [0.1, 0.15) is 0 Å². The summed E-state index contributed by atoms with van der Waals surface area (Å²) in [4.78, 5) is 15.6. The maximum atomic E-state index is 5.28. The van der Waals surface area contributed by atoms with Crippen LogP contribution in [0.1, 0.15) is 0 Å². The van der Waals surface area contributed by atoms with Gasteiger partial charge in [-0.15, -0.1) is 0 Å². The quantitative estimate of drug-likeness (QED) is 0.162. The Morgan fingerprint density at radius 3 is 1.02 bits per heavy atom. The van der Waals surface area contributed by atoms with E-state index in [1.807, 2.05) is 36.4 Å². The molecular formula is C57H37N5. The summed E-state index contributed by atoms with van der Waals surface area (Å²) in [6.07, 6.45) is 0. The highest BCUT2D eigenvalue weighted by atomic mass is 15.0. The van der Waals surface area contributed by atoms with E-state index in [0.29, 0.717) is 17.5 Å². The largest absolute Gasteiger partial charge is 0.309 e. The smallest absolute Gasteiger partial charge is 0.164 e. The Labute approximate surface area is 358 Å². The standard InChI is InChI=1S/C57H37N5/c1-5-19-38(20-6-1)45-29-17-31-49-47-27-13-15-33-51(47)61(53(45)49)43-35-42(57-59-55(40-23-9-3-10-24-40)58-56(60-57)41-25-11-4-12-26-41)36-44(37-43)62-52-34-16-14-28-48(52)50-32-18-30-46(54(50)62)39-21-7-2-8-22-39/h1-37H. The van der Waals surface area contributed by atoms with Crippen molar-refractivity contribution in [2.75, 3.05) is 0 Å². The van der Waals surface area contributed by atoms with Crippen LogP contribution in [0.4, 0.5) is 0 Å². The van der Waals surface area contributed by atoms with Crippen LogP contribution in [0.25, 0.3) is 111 Å². The average Bonchev–Trinajstić information content (AvgIpc) is 3.88. The van der Waals surface area contributed by atoms with Gasteiger partial charge in [-0.25, -0.2) is 15.0 Å². The third-order valence-corrected chi connectivity index (χ3v) is 11.9. The Morgan fingerprint density at radius 2 is 0.597 bits per heavy atom. The first-order valence-electron chi connectivity index (χ1n) is 21.0. The van der Waals surface area contributed by atoms with Crippen molar-refractivity contribution in [2.45, 2.75) is 0 Å². The summed E-state index contributed by atoms with van der Waals surface area (Å²) >= 11 is 0. The van der Waals surface area contributed by atoms with Crippen LogP contribution in [0, 0.1) is 0 Å². The highest BCUT2D eigenvalue weighted by Crippen LogP contribution is 2.42. The maximum absolute atomic E-state index is 5.28. The van der Waals surface area contributed by atoms with Crippen molar-refractivity contribution >= 4 is 43.6 Å². The molecule has 0 fully saturated rings. The molecule has 0 N–H and O–H groups in total. The van der Waals surface area contributed by atoms with Crippen LogP contribution in [-0.4, -0.2) is 24.1 Å². The zero-order valence-corrected chi connectivity index (χ0v) is 33.6. The third-order valence-electron chi connectivity index (χ3n) is 11.9. The van der Waals surface area contributed by atoms with Gasteiger partial charge in [-0.2, -0.15) is 0 Å². The van der Waals surface area contributed by atoms with E-state index in [-0.39, 0.29) is 0 Å². The van der Waals surface area contributed by atoms with E-state index in [1.54, 1.807) is 0 Å². The van der Waals surface area contributed by atoms with Crippen molar-refractivity contribution in [3.8, 4) is 67.8 Å². The third kappa shape index (κ3) is 5.90. The summed E-state index contributed by atoms with van der Waals surface area (Å²) < 4.78 is 4.87. The van der Waals surface area contributed by atoms with Gasteiger partial charge in [-0.05, 0) is 41.5 Å². The summed E-state index contributed by atoms with van der Waals surface area (Å²) in [6, 6.07) is 79.4. The molecule has 0 spiro atoms. The van der Waals surface area contributed by atoms with Crippen molar-refractivity contribution in [2.24, 2.45) is 0 Å². The summed E-state index contributed by atoms with van der Waals surface area (Å²) in [6.45, 7) is 0. The molecule has 0 saturated heterocycles. The van der Waals surface area contributed by atoms with Gasteiger partial charge in [0.2, 0.25) is 0 Å². The van der Waals surface area contributed by atoms with Crippen LogP contribution < -0.4 is 0 Å². The predicted molar refractivity (Wildman–Crippen MR) is 256 cm³/mol. The molecule has 0 atom stereocenters. The minimum Gasteiger partial charge on any atom is -0.309 e. The molecule has 0 aliphatic carbocycles. The van der Waals surface area contributed by atoms with E-state index in [2.05, 4.69) is 197 Å². The lowest BCUT2D eigenvalue weighted by Crippen LogP contribution is -2.04. The average molecular weight is 792 g/mol. The lowest BCUT2D eigenvalue weighted by molar-refractivity contribution is 1.07. The molecule has 0 radical (unpaired) electrons. The fourth-order valence-electron chi connectivity index (χ4n) is 9.20. The van der Waals surface area contributed by atoms with E-state index >= 15 is 0 Å². The van der Waals surface area contributed by atoms with Gasteiger partial charge in [0.25, 0.3) is 0 Å². The molecule has 290 valence electrons. The molecule has 9 aromatic carbocycles. The predicted octanol–water partition coefficient (Wildman–Crippen LogP) is 14.4. The van der Waals surface area contributed by atoms with Crippen LogP contribution in [0.15, 0.2) is 224 Å².